The Labute approximate surface area is 133 Å². The van der Waals surface area contributed by atoms with Crippen LogP contribution in [0.5, 0.6) is 5.75 Å². The molecular weight excluding hydrogens is 304 g/mol. The van der Waals surface area contributed by atoms with E-state index in [1.807, 2.05) is 6.07 Å². The third-order valence-electron chi connectivity index (χ3n) is 3.06. The fourth-order valence-corrected chi connectivity index (χ4v) is 2.08. The van der Waals surface area contributed by atoms with Crippen LogP contribution in [0.4, 0.5) is 10.5 Å². The van der Waals surface area contributed by atoms with E-state index < -0.39 is 12.1 Å². The van der Waals surface area contributed by atoms with Gasteiger partial charge in [0.05, 0.1) is 13.2 Å². The van der Waals surface area contributed by atoms with Gasteiger partial charge in [-0.3, -0.25) is 0 Å². The molecule has 1 atom stereocenters. The zero-order valence-corrected chi connectivity index (χ0v) is 12.8. The number of para-hydroxylation sites is 1. The quantitative estimate of drug-likeness (QED) is 0.792. The summed E-state index contributed by atoms with van der Waals surface area (Å²) in [5, 5.41) is 16.0. The number of aliphatic hydroxyl groups excluding tert-OH is 1. The fourth-order valence-electron chi connectivity index (χ4n) is 1.95. The highest BCUT2D eigenvalue weighted by atomic mass is 35.5. The van der Waals surface area contributed by atoms with Crippen molar-refractivity contribution in [2.45, 2.75) is 6.10 Å². The number of rotatable bonds is 5. The summed E-state index contributed by atoms with van der Waals surface area (Å²) in [5.41, 5.74) is 1.24. The van der Waals surface area contributed by atoms with E-state index in [4.69, 9.17) is 16.3 Å². The molecule has 0 radical (unpaired) electrons. The van der Waals surface area contributed by atoms with Crippen LogP contribution < -0.4 is 15.4 Å². The van der Waals surface area contributed by atoms with E-state index in [0.717, 1.165) is 0 Å². The van der Waals surface area contributed by atoms with Gasteiger partial charge in [0.15, 0.2) is 0 Å². The number of ether oxygens (including phenoxy) is 1. The highest BCUT2D eigenvalue weighted by Gasteiger charge is 2.13. The van der Waals surface area contributed by atoms with Crippen LogP contribution in [-0.4, -0.2) is 24.8 Å². The number of carbonyl (C=O) groups is 1. The molecule has 1 unspecified atom stereocenters. The van der Waals surface area contributed by atoms with Crippen LogP contribution in [0.15, 0.2) is 48.5 Å². The molecule has 2 amide bonds. The maximum Gasteiger partial charge on any atom is 0.319 e. The van der Waals surface area contributed by atoms with Crippen molar-refractivity contribution < 1.29 is 14.6 Å². The van der Waals surface area contributed by atoms with Crippen LogP contribution in [0.3, 0.4) is 0 Å². The second kappa shape index (κ2) is 7.68. The average Bonchev–Trinajstić information content (AvgIpc) is 2.54. The molecule has 2 aromatic rings. The van der Waals surface area contributed by atoms with Gasteiger partial charge in [-0.25, -0.2) is 4.79 Å². The van der Waals surface area contributed by atoms with Crippen molar-refractivity contribution in [3.8, 4) is 5.75 Å². The molecule has 0 aromatic heterocycles. The second-order valence-corrected chi connectivity index (χ2v) is 5.04. The Morgan fingerprint density at radius 1 is 1.23 bits per heavy atom. The largest absolute Gasteiger partial charge is 0.496 e. The number of hydrogen-bond acceptors (Lipinski definition) is 3. The monoisotopic (exact) mass is 320 g/mol. The van der Waals surface area contributed by atoms with Crippen molar-refractivity contribution in [2.75, 3.05) is 19.0 Å². The first-order valence-corrected chi connectivity index (χ1v) is 7.09. The molecule has 0 heterocycles. The molecule has 22 heavy (non-hydrogen) atoms. The average molecular weight is 321 g/mol. The zero-order chi connectivity index (χ0) is 15.9. The number of anilines is 1. The Bertz CT molecular complexity index is 632. The molecule has 6 heteroatoms. The lowest BCUT2D eigenvalue weighted by molar-refractivity contribution is 0.171. The van der Waals surface area contributed by atoms with Crippen molar-refractivity contribution in [3.05, 3.63) is 59.1 Å². The van der Waals surface area contributed by atoms with Crippen LogP contribution in [0, 0.1) is 0 Å². The molecule has 2 rings (SSSR count). The summed E-state index contributed by atoms with van der Waals surface area (Å²) in [7, 11) is 1.53. The number of hydrogen-bond donors (Lipinski definition) is 3. The van der Waals surface area contributed by atoms with Crippen molar-refractivity contribution in [2.24, 2.45) is 0 Å². The molecule has 0 bridgehead atoms. The molecule has 0 aliphatic heterocycles. The highest BCUT2D eigenvalue weighted by Crippen LogP contribution is 2.24. The summed E-state index contributed by atoms with van der Waals surface area (Å²) in [6.45, 7) is 0.0692. The fraction of sp³-hybridized carbons (Fsp3) is 0.188. The summed E-state index contributed by atoms with van der Waals surface area (Å²) >= 11 is 5.77. The Morgan fingerprint density at radius 3 is 2.59 bits per heavy atom. The maximum absolute atomic E-state index is 11.8. The van der Waals surface area contributed by atoms with Gasteiger partial charge >= 0.3 is 6.03 Å². The molecule has 0 spiro atoms. The van der Waals surface area contributed by atoms with Crippen LogP contribution >= 0.6 is 11.6 Å². The number of methoxy groups -OCH3 is 1. The normalized spacial score (nSPS) is 11.6. The van der Waals surface area contributed by atoms with Crippen molar-refractivity contribution in [1.82, 2.24) is 5.32 Å². The SMILES string of the molecule is COc1ccccc1C(O)CNC(=O)Nc1ccc(Cl)cc1. The predicted octanol–water partition coefficient (Wildman–Crippen LogP) is 3.20. The Morgan fingerprint density at radius 2 is 1.91 bits per heavy atom. The minimum atomic E-state index is -0.855. The van der Waals surface area contributed by atoms with Gasteiger partial charge in [0, 0.05) is 22.8 Å². The van der Waals surface area contributed by atoms with Crippen LogP contribution in [-0.2, 0) is 0 Å². The van der Waals surface area contributed by atoms with Crippen LogP contribution in [0.2, 0.25) is 5.02 Å². The summed E-state index contributed by atoms with van der Waals surface area (Å²) in [6.07, 6.45) is -0.855. The molecule has 0 saturated heterocycles. The van der Waals surface area contributed by atoms with Gasteiger partial charge in [0.1, 0.15) is 5.75 Å². The summed E-state index contributed by atoms with van der Waals surface area (Å²) in [6, 6.07) is 13.5. The lowest BCUT2D eigenvalue weighted by Gasteiger charge is -2.15. The van der Waals surface area contributed by atoms with Gasteiger partial charge in [-0.15, -0.1) is 0 Å². The van der Waals surface area contributed by atoms with Crippen LogP contribution in [0.1, 0.15) is 11.7 Å². The standard InChI is InChI=1S/C16H17ClN2O3/c1-22-15-5-3-2-4-13(15)14(20)10-18-16(21)19-12-8-6-11(17)7-9-12/h2-9,14,20H,10H2,1H3,(H2,18,19,21). The van der Waals surface area contributed by atoms with Gasteiger partial charge in [0.25, 0.3) is 0 Å². The molecular formula is C16H17ClN2O3. The number of benzene rings is 2. The molecule has 116 valence electrons. The minimum Gasteiger partial charge on any atom is -0.496 e. The topological polar surface area (TPSA) is 70.6 Å². The molecule has 0 aliphatic rings. The van der Waals surface area contributed by atoms with E-state index in [0.29, 0.717) is 22.0 Å². The van der Waals surface area contributed by atoms with Gasteiger partial charge in [0.2, 0.25) is 0 Å². The zero-order valence-electron chi connectivity index (χ0n) is 12.0. The van der Waals surface area contributed by atoms with E-state index in [-0.39, 0.29) is 6.54 Å². The summed E-state index contributed by atoms with van der Waals surface area (Å²) in [5.74, 6) is 0.579. The molecule has 2 aromatic carbocycles. The van der Waals surface area contributed by atoms with Crippen molar-refractivity contribution in [3.63, 3.8) is 0 Å². The Hall–Kier alpha value is -2.24. The van der Waals surface area contributed by atoms with Gasteiger partial charge in [-0.2, -0.15) is 0 Å². The Kier molecular flexibility index (Phi) is 5.63. The van der Waals surface area contributed by atoms with E-state index in [1.165, 1.54) is 7.11 Å². The molecule has 0 fully saturated rings. The van der Waals surface area contributed by atoms with Crippen LogP contribution in [0.25, 0.3) is 0 Å². The second-order valence-electron chi connectivity index (χ2n) is 4.60. The number of carbonyl (C=O) groups excluding carboxylic acids is 1. The van der Waals surface area contributed by atoms with E-state index in [2.05, 4.69) is 10.6 Å². The van der Waals surface area contributed by atoms with Gasteiger partial charge in [-0.05, 0) is 30.3 Å². The highest BCUT2D eigenvalue weighted by molar-refractivity contribution is 6.30. The first-order chi connectivity index (χ1) is 10.6. The third kappa shape index (κ3) is 4.38. The first-order valence-electron chi connectivity index (χ1n) is 6.71. The lowest BCUT2D eigenvalue weighted by atomic mass is 10.1. The maximum atomic E-state index is 11.8. The number of urea groups is 1. The summed E-state index contributed by atoms with van der Waals surface area (Å²) < 4.78 is 5.18. The number of halogens is 1. The van der Waals surface area contributed by atoms with E-state index in [9.17, 15) is 9.90 Å². The van der Waals surface area contributed by atoms with Gasteiger partial charge in [-0.1, -0.05) is 29.8 Å². The minimum absolute atomic E-state index is 0.0692. The Balaban J connectivity index is 1.89. The van der Waals surface area contributed by atoms with Gasteiger partial charge < -0.3 is 20.5 Å². The molecule has 0 saturated carbocycles. The molecule has 5 nitrogen and oxygen atoms in total. The number of aliphatic hydroxyl groups is 1. The van der Waals surface area contributed by atoms with Crippen molar-refractivity contribution in [1.29, 1.82) is 0 Å². The number of amides is 2. The lowest BCUT2D eigenvalue weighted by Crippen LogP contribution is -2.32. The van der Waals surface area contributed by atoms with E-state index in [1.54, 1.807) is 42.5 Å². The smallest absolute Gasteiger partial charge is 0.319 e. The number of nitrogens with one attached hydrogen (secondary N) is 2. The summed E-state index contributed by atoms with van der Waals surface area (Å²) in [4.78, 5) is 11.8. The first kappa shape index (κ1) is 16.1. The predicted molar refractivity (Wildman–Crippen MR) is 86.4 cm³/mol. The van der Waals surface area contributed by atoms with Crippen molar-refractivity contribution >= 4 is 23.3 Å². The molecule has 0 aliphatic carbocycles. The third-order valence-corrected chi connectivity index (χ3v) is 3.31. The van der Waals surface area contributed by atoms with E-state index >= 15 is 0 Å². The molecule has 3 N–H and O–H groups in total.